The Bertz CT molecular complexity index is 1350. The van der Waals surface area contributed by atoms with Gasteiger partial charge in [-0.15, -0.1) is 0 Å². The van der Waals surface area contributed by atoms with E-state index in [-0.39, 0.29) is 18.5 Å². The van der Waals surface area contributed by atoms with Gasteiger partial charge in [-0.1, -0.05) is 404 Å². The molecule has 0 aromatic heterocycles. The van der Waals surface area contributed by atoms with Crippen LogP contribution in [0.4, 0.5) is 0 Å². The van der Waals surface area contributed by atoms with E-state index in [2.05, 4.69) is 31.3 Å². The molecule has 1 amide bonds. The van der Waals surface area contributed by atoms with Gasteiger partial charge in [0.1, 0.15) is 0 Å². The van der Waals surface area contributed by atoms with Crippen LogP contribution in [-0.4, -0.2) is 47.4 Å². The summed E-state index contributed by atoms with van der Waals surface area (Å²) in [6.45, 7) is 4.96. The number of amides is 1. The molecule has 2 atom stereocenters. The van der Waals surface area contributed by atoms with Crippen molar-refractivity contribution >= 4 is 11.9 Å². The lowest BCUT2D eigenvalue weighted by atomic mass is 10.0. The summed E-state index contributed by atoms with van der Waals surface area (Å²) in [4.78, 5) is 24.6. The second-order valence-corrected chi connectivity index (χ2v) is 27.4. The lowest BCUT2D eigenvalue weighted by molar-refractivity contribution is -0.143. The van der Waals surface area contributed by atoms with Crippen LogP contribution in [0.2, 0.25) is 0 Å². The number of esters is 1. The predicted octanol–water partition coefficient (Wildman–Crippen LogP) is 26.0. The molecule has 3 N–H and O–H groups in total. The van der Waals surface area contributed by atoms with Crippen LogP contribution in [0.1, 0.15) is 450 Å². The zero-order chi connectivity index (χ0) is 62.0. The van der Waals surface area contributed by atoms with Gasteiger partial charge in [0.05, 0.1) is 25.4 Å². The molecule has 0 fully saturated rings. The Morgan fingerprint density at radius 2 is 0.547 bits per heavy atom. The first-order chi connectivity index (χ1) is 42.5. The minimum absolute atomic E-state index is 0.0207. The first kappa shape index (κ1) is 84.3. The first-order valence-electron chi connectivity index (χ1n) is 39.6. The number of hydrogen-bond donors (Lipinski definition) is 3. The molecule has 0 spiro atoms. The molecule has 0 bridgehead atoms. The number of allylic oxidation sites excluding steroid dienone is 3. The maximum Gasteiger partial charge on any atom is 0.305 e. The molecule has 0 aliphatic heterocycles. The second kappa shape index (κ2) is 75.8. The van der Waals surface area contributed by atoms with Gasteiger partial charge in [-0.2, -0.15) is 0 Å². The molecule has 6 nitrogen and oxygen atoms in total. The SMILES string of the molecule is CCCCCCCCCCCCCCCCCCCCCCCC/C=C/C(O)C(CO)NC(=O)CCCCCCCCCCCCCCCCC/C=C\CCCCCCCCCCCCCCOC(=O)CCCCCCCCCCCCCCCC. The minimum atomic E-state index is -0.844. The molecule has 0 heterocycles. The van der Waals surface area contributed by atoms with Gasteiger partial charge in [-0.3, -0.25) is 9.59 Å². The lowest BCUT2D eigenvalue weighted by Gasteiger charge is -2.20. The molecule has 0 aromatic carbocycles. The number of aliphatic hydroxyl groups excluding tert-OH is 2. The monoisotopic (exact) mass is 1210 g/mol. The maximum absolute atomic E-state index is 12.6. The van der Waals surface area contributed by atoms with Crippen molar-refractivity contribution in [2.75, 3.05) is 13.2 Å². The fourth-order valence-electron chi connectivity index (χ4n) is 12.7. The molecule has 0 saturated heterocycles. The number of nitrogens with one attached hydrogen (secondary N) is 1. The van der Waals surface area contributed by atoms with Gasteiger partial charge in [0.2, 0.25) is 5.91 Å². The summed E-state index contributed by atoms with van der Waals surface area (Å²) in [6, 6.07) is -0.628. The highest BCUT2D eigenvalue weighted by atomic mass is 16.5. The fourth-order valence-corrected chi connectivity index (χ4v) is 12.7. The molecule has 6 heteroatoms. The maximum atomic E-state index is 12.6. The van der Waals surface area contributed by atoms with Crippen LogP contribution in [-0.2, 0) is 14.3 Å². The first-order valence-corrected chi connectivity index (χ1v) is 39.6. The largest absolute Gasteiger partial charge is 0.466 e. The summed E-state index contributed by atoms with van der Waals surface area (Å²) in [5.74, 6) is -0.0399. The van der Waals surface area contributed by atoms with Gasteiger partial charge in [-0.05, 0) is 57.8 Å². The van der Waals surface area contributed by atoms with Crippen molar-refractivity contribution in [2.45, 2.75) is 463 Å². The summed E-state index contributed by atoms with van der Waals surface area (Å²) in [7, 11) is 0. The Hall–Kier alpha value is -1.66. The van der Waals surface area contributed by atoms with Crippen LogP contribution < -0.4 is 5.32 Å². The van der Waals surface area contributed by atoms with E-state index in [9.17, 15) is 19.8 Å². The zero-order valence-corrected chi connectivity index (χ0v) is 58.6. The van der Waals surface area contributed by atoms with E-state index >= 15 is 0 Å². The minimum Gasteiger partial charge on any atom is -0.466 e. The molecule has 0 rings (SSSR count). The van der Waals surface area contributed by atoms with E-state index in [0.717, 1.165) is 38.5 Å². The molecule has 2 unspecified atom stereocenters. The van der Waals surface area contributed by atoms with Crippen LogP contribution in [0.25, 0.3) is 0 Å². The van der Waals surface area contributed by atoms with E-state index in [1.807, 2.05) is 6.08 Å². The Labute approximate surface area is 539 Å². The van der Waals surface area contributed by atoms with Crippen molar-refractivity contribution in [3.05, 3.63) is 24.3 Å². The number of carbonyl (C=O) groups excluding carboxylic acids is 2. The summed E-state index contributed by atoms with van der Waals surface area (Å²) < 4.78 is 5.50. The predicted molar refractivity (Wildman–Crippen MR) is 380 cm³/mol. The lowest BCUT2D eigenvalue weighted by Crippen LogP contribution is -2.45. The van der Waals surface area contributed by atoms with E-state index in [4.69, 9.17) is 4.74 Å². The molecule has 0 aliphatic carbocycles. The number of carbonyl (C=O) groups is 2. The van der Waals surface area contributed by atoms with Crippen molar-refractivity contribution in [2.24, 2.45) is 0 Å². The standard InChI is InChI=1S/C80H155NO5/c1-3-5-7-9-11-13-15-17-19-20-21-22-23-33-36-39-42-45-48-52-56-60-64-68-72-78(83)77(76-82)81-79(84)73-69-65-61-57-53-49-46-43-40-37-34-31-29-27-25-24-26-28-30-32-35-38-41-44-47-51-55-59-63-67-71-75-86-80(85)74-70-66-62-58-54-50-18-16-14-12-10-8-6-4-2/h26,28,68,72,77-78,82-83H,3-25,27,29-67,69-71,73-76H2,1-2H3,(H,81,84)/b28-26-,72-68+. The van der Waals surface area contributed by atoms with Crippen LogP contribution in [0.3, 0.4) is 0 Å². The van der Waals surface area contributed by atoms with E-state index in [0.29, 0.717) is 19.4 Å². The average Bonchev–Trinajstić information content (AvgIpc) is 3.58. The topological polar surface area (TPSA) is 95.9 Å². The van der Waals surface area contributed by atoms with E-state index < -0.39 is 12.1 Å². The highest BCUT2D eigenvalue weighted by Crippen LogP contribution is 2.20. The fraction of sp³-hybridized carbons (Fsp3) is 0.925. The second-order valence-electron chi connectivity index (χ2n) is 27.4. The number of aliphatic hydroxyl groups is 2. The normalized spacial score (nSPS) is 12.6. The van der Waals surface area contributed by atoms with Gasteiger partial charge in [-0.25, -0.2) is 0 Å². The summed E-state index contributed by atoms with van der Waals surface area (Å²) >= 11 is 0. The van der Waals surface area contributed by atoms with Gasteiger partial charge in [0.25, 0.3) is 0 Å². The summed E-state index contributed by atoms with van der Waals surface area (Å²) in [5, 5.41) is 23.3. The quantitative estimate of drug-likeness (QED) is 0.0320. The molecular weight excluding hydrogens is 1050 g/mol. The van der Waals surface area contributed by atoms with Gasteiger partial charge in [0.15, 0.2) is 0 Å². The smallest absolute Gasteiger partial charge is 0.305 e. The van der Waals surface area contributed by atoms with Crippen LogP contribution in [0.15, 0.2) is 24.3 Å². The summed E-state index contributed by atoms with van der Waals surface area (Å²) in [5.41, 5.74) is 0. The third-order valence-corrected chi connectivity index (χ3v) is 18.7. The molecule has 0 aliphatic rings. The number of hydrogen-bond acceptors (Lipinski definition) is 5. The highest BCUT2D eigenvalue weighted by molar-refractivity contribution is 5.76. The van der Waals surface area contributed by atoms with Crippen LogP contribution >= 0.6 is 0 Å². The number of ether oxygens (including phenoxy) is 1. The number of rotatable bonds is 75. The Kier molecular flexibility index (Phi) is 74.3. The third-order valence-electron chi connectivity index (χ3n) is 18.7. The van der Waals surface area contributed by atoms with Gasteiger partial charge in [0, 0.05) is 12.8 Å². The van der Waals surface area contributed by atoms with Crippen LogP contribution in [0, 0.1) is 0 Å². The molecule has 0 aromatic rings. The molecule has 0 radical (unpaired) electrons. The average molecular weight is 1210 g/mol. The third kappa shape index (κ3) is 71.4. The van der Waals surface area contributed by atoms with Crippen molar-refractivity contribution in [3.63, 3.8) is 0 Å². The van der Waals surface area contributed by atoms with Gasteiger partial charge < -0.3 is 20.3 Å². The van der Waals surface area contributed by atoms with Crippen molar-refractivity contribution in [1.29, 1.82) is 0 Å². The van der Waals surface area contributed by atoms with E-state index in [1.54, 1.807) is 6.08 Å². The zero-order valence-electron chi connectivity index (χ0n) is 58.6. The Balaban J connectivity index is 3.38. The van der Waals surface area contributed by atoms with Crippen molar-refractivity contribution in [3.8, 4) is 0 Å². The van der Waals surface area contributed by atoms with Crippen molar-refractivity contribution in [1.82, 2.24) is 5.32 Å². The highest BCUT2D eigenvalue weighted by Gasteiger charge is 2.18. The molecule has 0 saturated carbocycles. The van der Waals surface area contributed by atoms with Gasteiger partial charge >= 0.3 is 5.97 Å². The van der Waals surface area contributed by atoms with Crippen LogP contribution in [0.5, 0.6) is 0 Å². The molecular formula is C80H155NO5. The molecule has 86 heavy (non-hydrogen) atoms. The van der Waals surface area contributed by atoms with E-state index in [1.165, 1.54) is 385 Å². The Morgan fingerprint density at radius 3 is 0.826 bits per heavy atom. The summed E-state index contributed by atoms with van der Waals surface area (Å²) in [6.07, 6.45) is 97.3. The molecule has 510 valence electrons. The Morgan fingerprint density at radius 1 is 0.314 bits per heavy atom. The number of unbranched alkanes of at least 4 members (excludes halogenated alkanes) is 62. The van der Waals surface area contributed by atoms with Crippen molar-refractivity contribution < 1.29 is 24.5 Å².